The number of rotatable bonds is 3. The van der Waals surface area contributed by atoms with Gasteiger partial charge in [0.15, 0.2) is 0 Å². The lowest BCUT2D eigenvalue weighted by Crippen LogP contribution is -2.45. The summed E-state index contributed by atoms with van der Waals surface area (Å²) in [6.07, 6.45) is 8.31. The minimum atomic E-state index is 0.203. The Balaban J connectivity index is 1.74. The van der Waals surface area contributed by atoms with Crippen LogP contribution in [0.5, 0.6) is 0 Å². The van der Waals surface area contributed by atoms with Crippen LogP contribution in [-0.4, -0.2) is 30.4 Å². The molecule has 1 fully saturated rings. The van der Waals surface area contributed by atoms with E-state index in [0.29, 0.717) is 18.5 Å². The van der Waals surface area contributed by atoms with Crippen molar-refractivity contribution < 1.29 is 4.79 Å². The molecule has 0 spiro atoms. The third kappa shape index (κ3) is 2.51. The Morgan fingerprint density at radius 2 is 2.15 bits per heavy atom. The first-order valence-corrected chi connectivity index (χ1v) is 8.61. The van der Waals surface area contributed by atoms with Gasteiger partial charge in [0.25, 0.3) is 5.91 Å². The Bertz CT molecular complexity index is 475. The van der Waals surface area contributed by atoms with E-state index in [2.05, 4.69) is 6.07 Å². The van der Waals surface area contributed by atoms with Gasteiger partial charge < -0.3 is 10.6 Å². The largest absolute Gasteiger partial charge is 0.338 e. The Morgan fingerprint density at radius 1 is 1.35 bits per heavy atom. The fraction of sp³-hybridized carbons (Fsp3) is 0.688. The molecule has 1 heterocycles. The van der Waals surface area contributed by atoms with E-state index in [1.165, 1.54) is 36.1 Å². The maximum atomic E-state index is 12.7. The second-order valence-electron chi connectivity index (χ2n) is 6.18. The predicted molar refractivity (Wildman–Crippen MR) is 83.2 cm³/mol. The summed E-state index contributed by atoms with van der Waals surface area (Å²) >= 11 is 1.71. The number of carbonyl (C=O) groups is 1. The van der Waals surface area contributed by atoms with Crippen LogP contribution < -0.4 is 5.73 Å². The van der Waals surface area contributed by atoms with Crippen LogP contribution in [0.1, 0.15) is 52.2 Å². The molecule has 20 heavy (non-hydrogen) atoms. The molecule has 2 aliphatic carbocycles. The molecule has 2 N–H and O–H groups in total. The van der Waals surface area contributed by atoms with Crippen LogP contribution in [0.3, 0.4) is 0 Å². The first-order chi connectivity index (χ1) is 9.70. The predicted octanol–water partition coefficient (Wildman–Crippen LogP) is 2.83. The number of carbonyl (C=O) groups excluding carboxylic acids is 1. The van der Waals surface area contributed by atoms with Gasteiger partial charge in [-0.2, -0.15) is 0 Å². The minimum Gasteiger partial charge on any atom is -0.338 e. The van der Waals surface area contributed by atoms with Gasteiger partial charge in [0.05, 0.1) is 4.88 Å². The van der Waals surface area contributed by atoms with Crippen LogP contribution in [0.25, 0.3) is 0 Å². The fourth-order valence-electron chi connectivity index (χ4n) is 3.73. The van der Waals surface area contributed by atoms with E-state index in [-0.39, 0.29) is 5.91 Å². The average Bonchev–Trinajstić information content (AvgIpc) is 3.06. The smallest absolute Gasteiger partial charge is 0.263 e. The molecule has 0 aliphatic heterocycles. The molecular formula is C16H24N2OS. The highest BCUT2D eigenvalue weighted by Gasteiger charge is 2.31. The standard InChI is InChI=1S/C16H24N2OS/c1-18(13-7-3-2-5-12(13)10-17)16(19)15-9-11-6-4-8-14(11)20-15/h9,12-13H,2-8,10,17H2,1H3. The van der Waals surface area contributed by atoms with Gasteiger partial charge >= 0.3 is 0 Å². The van der Waals surface area contributed by atoms with Crippen LogP contribution >= 0.6 is 11.3 Å². The molecule has 1 saturated carbocycles. The lowest BCUT2D eigenvalue weighted by molar-refractivity contribution is 0.0625. The molecule has 2 atom stereocenters. The number of amides is 1. The van der Waals surface area contributed by atoms with E-state index in [4.69, 9.17) is 5.73 Å². The van der Waals surface area contributed by atoms with E-state index in [9.17, 15) is 4.79 Å². The zero-order valence-corrected chi connectivity index (χ0v) is 13.0. The Morgan fingerprint density at radius 3 is 2.90 bits per heavy atom. The first kappa shape index (κ1) is 14.1. The molecule has 110 valence electrons. The summed E-state index contributed by atoms with van der Waals surface area (Å²) in [6.45, 7) is 0.698. The summed E-state index contributed by atoms with van der Waals surface area (Å²) in [4.78, 5) is 17.0. The van der Waals surface area contributed by atoms with Gasteiger partial charge in [0, 0.05) is 18.0 Å². The molecule has 3 nitrogen and oxygen atoms in total. The summed E-state index contributed by atoms with van der Waals surface area (Å²) in [6, 6.07) is 2.46. The van der Waals surface area contributed by atoms with Gasteiger partial charge in [0.2, 0.25) is 0 Å². The average molecular weight is 292 g/mol. The van der Waals surface area contributed by atoms with Crippen LogP contribution in [0.15, 0.2) is 6.07 Å². The normalized spacial score (nSPS) is 25.5. The molecule has 2 unspecified atom stereocenters. The van der Waals surface area contributed by atoms with Crippen LogP contribution in [0.4, 0.5) is 0 Å². The number of thiophene rings is 1. The lowest BCUT2D eigenvalue weighted by Gasteiger charge is -2.37. The highest BCUT2D eigenvalue weighted by molar-refractivity contribution is 7.14. The highest BCUT2D eigenvalue weighted by atomic mass is 32.1. The molecule has 4 heteroatoms. The number of hydrogen-bond donors (Lipinski definition) is 1. The van der Waals surface area contributed by atoms with E-state index in [1.54, 1.807) is 11.3 Å². The van der Waals surface area contributed by atoms with Gasteiger partial charge in [-0.1, -0.05) is 12.8 Å². The second-order valence-corrected chi connectivity index (χ2v) is 7.31. The molecule has 2 aliphatic rings. The van der Waals surface area contributed by atoms with Gasteiger partial charge in [-0.3, -0.25) is 4.79 Å². The maximum Gasteiger partial charge on any atom is 0.263 e. The van der Waals surface area contributed by atoms with E-state index in [0.717, 1.165) is 24.1 Å². The number of aryl methyl sites for hydroxylation is 2. The first-order valence-electron chi connectivity index (χ1n) is 7.79. The van der Waals surface area contributed by atoms with Crippen molar-refractivity contribution in [3.05, 3.63) is 21.4 Å². The van der Waals surface area contributed by atoms with E-state index >= 15 is 0 Å². The summed E-state index contributed by atoms with van der Waals surface area (Å²) in [5, 5.41) is 0. The molecular weight excluding hydrogens is 268 g/mol. The van der Waals surface area contributed by atoms with Gasteiger partial charge in [-0.05, 0) is 56.2 Å². The van der Waals surface area contributed by atoms with Gasteiger partial charge in [0.1, 0.15) is 0 Å². The van der Waals surface area contributed by atoms with Crippen molar-refractivity contribution >= 4 is 17.2 Å². The van der Waals surface area contributed by atoms with Crippen molar-refractivity contribution in [3.8, 4) is 0 Å². The summed E-state index contributed by atoms with van der Waals surface area (Å²) in [5.74, 6) is 0.680. The minimum absolute atomic E-state index is 0.203. The molecule has 1 aromatic heterocycles. The fourth-order valence-corrected chi connectivity index (χ4v) is 4.97. The van der Waals surface area contributed by atoms with Crippen molar-refractivity contribution in [1.82, 2.24) is 4.90 Å². The molecule has 0 bridgehead atoms. The Kier molecular flexibility index (Phi) is 4.13. The molecule has 0 saturated heterocycles. The third-order valence-electron chi connectivity index (χ3n) is 4.95. The molecule has 1 amide bonds. The van der Waals surface area contributed by atoms with Crippen molar-refractivity contribution in [2.75, 3.05) is 13.6 Å². The van der Waals surface area contributed by atoms with E-state index in [1.807, 2.05) is 11.9 Å². The highest BCUT2D eigenvalue weighted by Crippen LogP contribution is 2.33. The van der Waals surface area contributed by atoms with Crippen LogP contribution in [-0.2, 0) is 12.8 Å². The molecule has 1 aromatic rings. The SMILES string of the molecule is CN(C(=O)c1cc2c(s1)CCC2)C1CCCCC1CN. The van der Waals surface area contributed by atoms with Crippen LogP contribution in [0, 0.1) is 5.92 Å². The maximum absolute atomic E-state index is 12.7. The van der Waals surface area contributed by atoms with Gasteiger partial charge in [-0.25, -0.2) is 0 Å². The van der Waals surface area contributed by atoms with Crippen molar-refractivity contribution in [1.29, 1.82) is 0 Å². The topological polar surface area (TPSA) is 46.3 Å². The summed E-state index contributed by atoms with van der Waals surface area (Å²) in [5.41, 5.74) is 7.30. The summed E-state index contributed by atoms with van der Waals surface area (Å²) in [7, 11) is 1.96. The van der Waals surface area contributed by atoms with Crippen molar-refractivity contribution in [3.63, 3.8) is 0 Å². The third-order valence-corrected chi connectivity index (χ3v) is 6.17. The number of fused-ring (bicyclic) bond motifs is 1. The van der Waals surface area contributed by atoms with Crippen LogP contribution in [0.2, 0.25) is 0 Å². The second kappa shape index (κ2) is 5.86. The van der Waals surface area contributed by atoms with E-state index < -0.39 is 0 Å². The monoisotopic (exact) mass is 292 g/mol. The number of nitrogens with zero attached hydrogens (tertiary/aromatic N) is 1. The van der Waals surface area contributed by atoms with Crippen molar-refractivity contribution in [2.24, 2.45) is 11.7 Å². The quantitative estimate of drug-likeness (QED) is 0.931. The summed E-state index contributed by atoms with van der Waals surface area (Å²) < 4.78 is 0. The molecule has 0 radical (unpaired) electrons. The molecule has 3 rings (SSSR count). The zero-order chi connectivity index (χ0) is 14.1. The Hall–Kier alpha value is -0.870. The van der Waals surface area contributed by atoms with Gasteiger partial charge in [-0.15, -0.1) is 11.3 Å². The zero-order valence-electron chi connectivity index (χ0n) is 12.2. The lowest BCUT2D eigenvalue weighted by atomic mass is 9.83. The number of hydrogen-bond acceptors (Lipinski definition) is 3. The number of nitrogens with two attached hydrogens (primary N) is 1. The van der Waals surface area contributed by atoms with Crippen molar-refractivity contribution in [2.45, 2.75) is 51.0 Å². The Labute approximate surface area is 125 Å². The molecule has 0 aromatic carbocycles.